The van der Waals surface area contributed by atoms with Crippen molar-refractivity contribution >= 4 is 33.2 Å². The van der Waals surface area contributed by atoms with Gasteiger partial charge in [-0.3, -0.25) is 4.79 Å². The number of carboxylic acids is 1. The Morgan fingerprint density at radius 2 is 2.38 bits per heavy atom. The Labute approximate surface area is 107 Å². The molecule has 16 heavy (non-hydrogen) atoms. The van der Waals surface area contributed by atoms with E-state index in [2.05, 4.69) is 21.2 Å². The minimum atomic E-state index is -0.678. The third-order valence-corrected chi connectivity index (χ3v) is 5.14. The van der Waals surface area contributed by atoms with E-state index in [1.807, 2.05) is 18.5 Å². The van der Waals surface area contributed by atoms with Crippen molar-refractivity contribution in [3.63, 3.8) is 0 Å². The predicted molar refractivity (Wildman–Crippen MR) is 67.7 cm³/mol. The van der Waals surface area contributed by atoms with Crippen LogP contribution in [0.3, 0.4) is 0 Å². The lowest BCUT2D eigenvalue weighted by atomic mass is 9.63. The summed E-state index contributed by atoms with van der Waals surface area (Å²) in [5, 5.41) is 14.6. The predicted octanol–water partition coefficient (Wildman–Crippen LogP) is 3.03. The molecule has 1 fully saturated rings. The Balaban J connectivity index is 2.31. The van der Waals surface area contributed by atoms with E-state index in [1.54, 1.807) is 11.3 Å². The lowest BCUT2D eigenvalue weighted by Crippen LogP contribution is -2.47. The van der Waals surface area contributed by atoms with E-state index < -0.39 is 11.4 Å². The number of nitrogens with one attached hydrogen (secondary N) is 1. The van der Waals surface area contributed by atoms with Crippen molar-refractivity contribution in [2.75, 3.05) is 7.05 Å². The van der Waals surface area contributed by atoms with Crippen LogP contribution in [0.4, 0.5) is 0 Å². The zero-order valence-electron chi connectivity index (χ0n) is 9.00. The van der Waals surface area contributed by atoms with Crippen molar-refractivity contribution < 1.29 is 9.90 Å². The number of thiophene rings is 1. The number of rotatable bonds is 4. The first-order valence-electron chi connectivity index (χ1n) is 5.25. The highest BCUT2D eigenvalue weighted by Gasteiger charge is 2.51. The maximum Gasteiger partial charge on any atom is 0.311 e. The van der Waals surface area contributed by atoms with Gasteiger partial charge < -0.3 is 10.4 Å². The molecule has 1 heterocycles. The zero-order valence-corrected chi connectivity index (χ0v) is 11.4. The van der Waals surface area contributed by atoms with E-state index >= 15 is 0 Å². The first-order valence-corrected chi connectivity index (χ1v) is 6.92. The van der Waals surface area contributed by atoms with Crippen molar-refractivity contribution in [1.29, 1.82) is 0 Å². The lowest BCUT2D eigenvalue weighted by Gasteiger charge is -2.43. The number of carbonyl (C=O) groups is 1. The monoisotopic (exact) mass is 303 g/mol. The molecule has 2 N–H and O–H groups in total. The quantitative estimate of drug-likeness (QED) is 0.899. The van der Waals surface area contributed by atoms with Gasteiger partial charge in [0.2, 0.25) is 0 Å². The van der Waals surface area contributed by atoms with Crippen LogP contribution in [0.15, 0.2) is 15.9 Å². The van der Waals surface area contributed by atoms with Crippen LogP contribution in [0.2, 0.25) is 0 Å². The number of aliphatic carboxylic acids is 1. The van der Waals surface area contributed by atoms with Crippen LogP contribution in [0.5, 0.6) is 0 Å². The number of hydrogen-bond donors (Lipinski definition) is 2. The molecule has 0 aromatic carbocycles. The van der Waals surface area contributed by atoms with Crippen LogP contribution in [-0.4, -0.2) is 18.1 Å². The molecule has 1 aromatic rings. The second-order valence-electron chi connectivity index (χ2n) is 4.20. The molecule has 0 bridgehead atoms. The third-order valence-electron chi connectivity index (χ3n) is 3.39. The van der Waals surface area contributed by atoms with Crippen molar-refractivity contribution in [2.45, 2.75) is 25.3 Å². The van der Waals surface area contributed by atoms with Gasteiger partial charge in [-0.15, -0.1) is 11.3 Å². The highest BCUT2D eigenvalue weighted by molar-refractivity contribution is 9.10. The average Bonchev–Trinajstić information content (AvgIpc) is 2.56. The fourth-order valence-corrected chi connectivity index (χ4v) is 4.02. The minimum Gasteiger partial charge on any atom is -0.481 e. The molecule has 88 valence electrons. The molecule has 2 rings (SSSR count). The molecule has 3 nitrogen and oxygen atoms in total. The summed E-state index contributed by atoms with van der Waals surface area (Å²) >= 11 is 5.01. The maximum absolute atomic E-state index is 11.4. The van der Waals surface area contributed by atoms with Crippen LogP contribution in [0.25, 0.3) is 0 Å². The fraction of sp³-hybridized carbons (Fsp3) is 0.545. The van der Waals surface area contributed by atoms with E-state index in [1.165, 1.54) is 0 Å². The maximum atomic E-state index is 11.4. The van der Waals surface area contributed by atoms with Gasteiger partial charge in [0.1, 0.15) is 0 Å². The van der Waals surface area contributed by atoms with Crippen molar-refractivity contribution in [3.8, 4) is 0 Å². The number of carboxylic acid groups (broad SMARTS) is 1. The van der Waals surface area contributed by atoms with Gasteiger partial charge >= 0.3 is 5.97 Å². The van der Waals surface area contributed by atoms with Gasteiger partial charge in [-0.1, -0.05) is 6.42 Å². The third kappa shape index (κ3) is 1.81. The summed E-state index contributed by atoms with van der Waals surface area (Å²) in [7, 11) is 1.83. The summed E-state index contributed by atoms with van der Waals surface area (Å²) in [6, 6.07) is 1.93. The van der Waals surface area contributed by atoms with Crippen molar-refractivity contribution in [1.82, 2.24) is 5.32 Å². The van der Waals surface area contributed by atoms with Crippen LogP contribution in [0, 0.1) is 5.41 Å². The molecule has 1 aliphatic rings. The lowest BCUT2D eigenvalue weighted by molar-refractivity contribution is -0.157. The Bertz CT molecular complexity index is 400. The van der Waals surface area contributed by atoms with Crippen LogP contribution < -0.4 is 5.32 Å². The molecule has 0 radical (unpaired) electrons. The smallest absolute Gasteiger partial charge is 0.311 e. The zero-order chi connectivity index (χ0) is 11.8. The molecule has 0 aliphatic heterocycles. The SMILES string of the molecule is CNC(c1cc(Br)cs1)C1(C(=O)O)CCC1. The molecule has 1 atom stereocenters. The molecule has 1 aromatic heterocycles. The second kappa shape index (κ2) is 4.47. The normalized spacial score (nSPS) is 20.1. The van der Waals surface area contributed by atoms with Crippen molar-refractivity contribution in [2.24, 2.45) is 5.41 Å². The first-order chi connectivity index (χ1) is 7.60. The van der Waals surface area contributed by atoms with Crippen LogP contribution >= 0.6 is 27.3 Å². The fourth-order valence-electron chi connectivity index (χ4n) is 2.35. The highest BCUT2D eigenvalue weighted by atomic mass is 79.9. The Hall–Kier alpha value is -0.390. The van der Waals surface area contributed by atoms with Gasteiger partial charge in [0, 0.05) is 14.7 Å². The van der Waals surface area contributed by atoms with Gasteiger partial charge in [0.25, 0.3) is 0 Å². The molecule has 5 heteroatoms. The van der Waals surface area contributed by atoms with Gasteiger partial charge in [0.05, 0.1) is 11.5 Å². The molecular formula is C11H14BrNO2S. The first kappa shape index (κ1) is 12.1. The van der Waals surface area contributed by atoms with Gasteiger partial charge in [-0.25, -0.2) is 0 Å². The second-order valence-corrected chi connectivity index (χ2v) is 6.06. The topological polar surface area (TPSA) is 49.3 Å². The van der Waals surface area contributed by atoms with E-state index in [4.69, 9.17) is 0 Å². The summed E-state index contributed by atoms with van der Waals surface area (Å²) in [6.45, 7) is 0. The van der Waals surface area contributed by atoms with E-state index in [-0.39, 0.29) is 6.04 Å². The summed E-state index contributed by atoms with van der Waals surface area (Å²) in [4.78, 5) is 12.5. The van der Waals surface area contributed by atoms with E-state index in [9.17, 15) is 9.90 Å². The summed E-state index contributed by atoms with van der Waals surface area (Å²) in [5.41, 5.74) is -0.598. The molecular weight excluding hydrogens is 290 g/mol. The Morgan fingerprint density at radius 1 is 1.69 bits per heavy atom. The standard InChI is InChI=1S/C11H14BrNO2S/c1-13-9(8-5-7(12)6-16-8)11(10(14)15)3-2-4-11/h5-6,9,13H,2-4H2,1H3,(H,14,15). The highest BCUT2D eigenvalue weighted by Crippen LogP contribution is 2.51. The number of hydrogen-bond acceptors (Lipinski definition) is 3. The van der Waals surface area contributed by atoms with Crippen LogP contribution in [0.1, 0.15) is 30.2 Å². The largest absolute Gasteiger partial charge is 0.481 e. The van der Waals surface area contributed by atoms with Gasteiger partial charge in [0.15, 0.2) is 0 Å². The molecule has 1 aliphatic carbocycles. The van der Waals surface area contributed by atoms with Gasteiger partial charge in [-0.2, -0.15) is 0 Å². The molecule has 1 saturated carbocycles. The summed E-state index contributed by atoms with van der Waals surface area (Å²) < 4.78 is 1.02. The molecule has 0 saturated heterocycles. The molecule has 0 spiro atoms. The Morgan fingerprint density at radius 3 is 2.69 bits per heavy atom. The van der Waals surface area contributed by atoms with Gasteiger partial charge in [-0.05, 0) is 41.9 Å². The Kier molecular flexibility index (Phi) is 3.37. The average molecular weight is 304 g/mol. The van der Waals surface area contributed by atoms with Crippen molar-refractivity contribution in [3.05, 3.63) is 20.8 Å². The minimum absolute atomic E-state index is 0.0740. The summed E-state index contributed by atoms with van der Waals surface area (Å²) in [5.74, 6) is -0.678. The number of halogens is 1. The summed E-state index contributed by atoms with van der Waals surface area (Å²) in [6.07, 6.45) is 2.55. The van der Waals surface area contributed by atoms with E-state index in [0.29, 0.717) is 0 Å². The van der Waals surface area contributed by atoms with E-state index in [0.717, 1.165) is 28.6 Å². The van der Waals surface area contributed by atoms with Crippen LogP contribution in [-0.2, 0) is 4.79 Å². The molecule has 1 unspecified atom stereocenters. The molecule has 0 amide bonds.